The van der Waals surface area contributed by atoms with Crippen LogP contribution in [0.2, 0.25) is 0 Å². The molecule has 98 valence electrons. The molecule has 1 aromatic rings. The molecule has 0 spiro atoms. The van der Waals surface area contributed by atoms with E-state index in [1.54, 1.807) is 6.20 Å². The Morgan fingerprint density at radius 2 is 2.33 bits per heavy atom. The Morgan fingerprint density at radius 1 is 1.56 bits per heavy atom. The molecule has 18 heavy (non-hydrogen) atoms. The van der Waals surface area contributed by atoms with Crippen molar-refractivity contribution >= 4 is 17.2 Å². The minimum absolute atomic E-state index is 0.371. The first-order valence-corrected chi connectivity index (χ1v) is 6.84. The molecule has 0 radical (unpaired) electrons. The van der Waals surface area contributed by atoms with E-state index in [0.29, 0.717) is 10.4 Å². The van der Waals surface area contributed by atoms with Gasteiger partial charge in [-0.1, -0.05) is 26.1 Å². The van der Waals surface area contributed by atoms with Crippen molar-refractivity contribution in [3.05, 3.63) is 29.6 Å². The number of aromatic nitrogens is 1. The van der Waals surface area contributed by atoms with Gasteiger partial charge < -0.3 is 5.73 Å². The Kier molecular flexibility index (Phi) is 3.97. The first-order valence-electron chi connectivity index (χ1n) is 6.43. The fraction of sp³-hybridized carbons (Fsp3) is 0.571. The molecular weight excluding hydrogens is 242 g/mol. The van der Waals surface area contributed by atoms with Crippen molar-refractivity contribution in [2.24, 2.45) is 11.1 Å². The van der Waals surface area contributed by atoms with Crippen LogP contribution in [-0.4, -0.2) is 28.0 Å². The lowest BCUT2D eigenvalue weighted by atomic mass is 9.84. The van der Waals surface area contributed by atoms with Crippen LogP contribution in [0.1, 0.15) is 37.9 Å². The van der Waals surface area contributed by atoms with Gasteiger partial charge in [0.25, 0.3) is 0 Å². The third kappa shape index (κ3) is 3.50. The van der Waals surface area contributed by atoms with Crippen LogP contribution in [0.25, 0.3) is 0 Å². The van der Waals surface area contributed by atoms with Gasteiger partial charge in [-0.3, -0.25) is 9.88 Å². The average Bonchev–Trinajstić information content (AvgIpc) is 2.28. The van der Waals surface area contributed by atoms with E-state index in [2.05, 4.69) is 23.7 Å². The van der Waals surface area contributed by atoms with Gasteiger partial charge in [-0.2, -0.15) is 0 Å². The van der Waals surface area contributed by atoms with Gasteiger partial charge in [-0.05, 0) is 42.5 Å². The molecule has 1 saturated heterocycles. The summed E-state index contributed by atoms with van der Waals surface area (Å²) in [5.41, 5.74) is 8.00. The van der Waals surface area contributed by atoms with E-state index >= 15 is 0 Å². The van der Waals surface area contributed by atoms with Crippen molar-refractivity contribution in [2.75, 3.05) is 13.1 Å². The Balaban J connectivity index is 2.05. The van der Waals surface area contributed by atoms with Crippen LogP contribution >= 0.6 is 12.2 Å². The Morgan fingerprint density at radius 3 is 3.00 bits per heavy atom. The first-order chi connectivity index (χ1) is 8.46. The van der Waals surface area contributed by atoms with Gasteiger partial charge in [0.1, 0.15) is 4.99 Å². The normalized spacial score (nSPS) is 19.7. The van der Waals surface area contributed by atoms with Gasteiger partial charge in [0.05, 0.1) is 5.69 Å². The van der Waals surface area contributed by atoms with Crippen molar-refractivity contribution in [3.8, 4) is 0 Å². The maximum Gasteiger partial charge on any atom is 0.122 e. The molecule has 4 heteroatoms. The zero-order valence-corrected chi connectivity index (χ0v) is 12.0. The van der Waals surface area contributed by atoms with E-state index in [4.69, 9.17) is 18.0 Å². The highest BCUT2D eigenvalue weighted by molar-refractivity contribution is 7.80. The number of thiocarbonyl (C=S) groups is 1. The van der Waals surface area contributed by atoms with Crippen LogP contribution in [0.5, 0.6) is 0 Å². The number of nitrogens with two attached hydrogens (primary N) is 1. The quantitative estimate of drug-likeness (QED) is 0.850. The summed E-state index contributed by atoms with van der Waals surface area (Å²) in [5.74, 6) is 0. The molecule has 1 aliphatic rings. The molecule has 1 aliphatic heterocycles. The number of hydrogen-bond donors (Lipinski definition) is 1. The zero-order valence-electron chi connectivity index (χ0n) is 11.1. The highest BCUT2D eigenvalue weighted by atomic mass is 32.1. The maximum absolute atomic E-state index is 5.61. The topological polar surface area (TPSA) is 42.2 Å². The molecule has 0 amide bonds. The lowest BCUT2D eigenvalue weighted by Gasteiger charge is -2.38. The fourth-order valence-electron chi connectivity index (χ4n) is 2.65. The van der Waals surface area contributed by atoms with E-state index < -0.39 is 0 Å². The Bertz CT molecular complexity index is 442. The SMILES string of the molecule is CC1(C)CCCN(Cc2ccnc(C(N)=S)c2)C1. The first kappa shape index (κ1) is 13.4. The van der Waals surface area contributed by atoms with Crippen LogP contribution < -0.4 is 5.73 Å². The highest BCUT2D eigenvalue weighted by Gasteiger charge is 2.26. The summed E-state index contributed by atoms with van der Waals surface area (Å²) in [6.07, 6.45) is 4.39. The van der Waals surface area contributed by atoms with Crippen molar-refractivity contribution < 1.29 is 0 Å². The molecule has 2 rings (SSSR count). The van der Waals surface area contributed by atoms with Crippen LogP contribution in [0, 0.1) is 5.41 Å². The van der Waals surface area contributed by atoms with Crippen LogP contribution in [-0.2, 0) is 6.54 Å². The second kappa shape index (κ2) is 5.33. The predicted molar refractivity (Wildman–Crippen MR) is 78.4 cm³/mol. The number of piperidine rings is 1. The Labute approximate surface area is 114 Å². The molecule has 3 nitrogen and oxygen atoms in total. The smallest absolute Gasteiger partial charge is 0.122 e. The van der Waals surface area contributed by atoms with E-state index in [1.165, 1.54) is 24.9 Å². The molecule has 0 saturated carbocycles. The minimum Gasteiger partial charge on any atom is -0.388 e. The lowest BCUT2D eigenvalue weighted by Crippen LogP contribution is -2.39. The number of pyridine rings is 1. The second-order valence-corrected chi connectivity index (χ2v) is 6.33. The van der Waals surface area contributed by atoms with Crippen molar-refractivity contribution in [2.45, 2.75) is 33.2 Å². The molecule has 2 heterocycles. The predicted octanol–water partition coefficient (Wildman–Crippen LogP) is 2.34. The van der Waals surface area contributed by atoms with Crippen LogP contribution in [0.15, 0.2) is 18.3 Å². The molecule has 0 unspecified atom stereocenters. The summed E-state index contributed by atoms with van der Waals surface area (Å²) < 4.78 is 0. The van der Waals surface area contributed by atoms with Gasteiger partial charge >= 0.3 is 0 Å². The van der Waals surface area contributed by atoms with Crippen LogP contribution in [0.4, 0.5) is 0 Å². The second-order valence-electron chi connectivity index (χ2n) is 5.89. The zero-order chi connectivity index (χ0) is 13.2. The Hall–Kier alpha value is -1.00. The van der Waals surface area contributed by atoms with Gasteiger partial charge in [0.15, 0.2) is 0 Å². The van der Waals surface area contributed by atoms with Crippen molar-refractivity contribution in [3.63, 3.8) is 0 Å². The highest BCUT2D eigenvalue weighted by Crippen LogP contribution is 2.29. The summed E-state index contributed by atoms with van der Waals surface area (Å²) in [7, 11) is 0. The molecule has 0 atom stereocenters. The largest absolute Gasteiger partial charge is 0.388 e. The molecule has 2 N–H and O–H groups in total. The standard InChI is InChI=1S/C14H21N3S/c1-14(2)5-3-7-17(10-14)9-11-4-6-16-12(8-11)13(15)18/h4,6,8H,3,5,7,9-10H2,1-2H3,(H2,15,18). The molecule has 1 aromatic heterocycles. The molecular formula is C14H21N3S. The minimum atomic E-state index is 0.371. The average molecular weight is 263 g/mol. The third-order valence-corrected chi connectivity index (χ3v) is 3.67. The molecule has 0 bridgehead atoms. The molecule has 1 fully saturated rings. The van der Waals surface area contributed by atoms with Crippen LogP contribution in [0.3, 0.4) is 0 Å². The van der Waals surface area contributed by atoms with E-state index in [-0.39, 0.29) is 0 Å². The van der Waals surface area contributed by atoms with E-state index in [0.717, 1.165) is 18.8 Å². The van der Waals surface area contributed by atoms with E-state index in [1.807, 2.05) is 12.1 Å². The summed E-state index contributed by atoms with van der Waals surface area (Å²) in [4.78, 5) is 7.05. The molecule has 0 aromatic carbocycles. The van der Waals surface area contributed by atoms with Gasteiger partial charge in [0, 0.05) is 19.3 Å². The van der Waals surface area contributed by atoms with Gasteiger partial charge in [0.2, 0.25) is 0 Å². The van der Waals surface area contributed by atoms with Crippen molar-refractivity contribution in [1.82, 2.24) is 9.88 Å². The third-order valence-electron chi connectivity index (χ3n) is 3.46. The summed E-state index contributed by atoms with van der Waals surface area (Å²) in [6, 6.07) is 4.05. The monoisotopic (exact) mass is 263 g/mol. The van der Waals surface area contributed by atoms with Gasteiger partial charge in [-0.25, -0.2) is 0 Å². The van der Waals surface area contributed by atoms with Gasteiger partial charge in [-0.15, -0.1) is 0 Å². The number of likely N-dealkylation sites (tertiary alicyclic amines) is 1. The number of hydrogen-bond acceptors (Lipinski definition) is 3. The summed E-state index contributed by atoms with van der Waals surface area (Å²) >= 11 is 4.96. The summed E-state index contributed by atoms with van der Waals surface area (Å²) in [5, 5.41) is 0. The van der Waals surface area contributed by atoms with Crippen molar-refractivity contribution in [1.29, 1.82) is 0 Å². The fourth-order valence-corrected chi connectivity index (χ4v) is 2.76. The molecule has 0 aliphatic carbocycles. The van der Waals surface area contributed by atoms with E-state index in [9.17, 15) is 0 Å². The number of rotatable bonds is 3. The number of nitrogens with zero attached hydrogens (tertiary/aromatic N) is 2. The maximum atomic E-state index is 5.61. The lowest BCUT2D eigenvalue weighted by molar-refractivity contribution is 0.111. The summed E-state index contributed by atoms with van der Waals surface area (Å²) in [6.45, 7) is 7.96.